The zero-order valence-electron chi connectivity index (χ0n) is 11.1. The van der Waals surface area contributed by atoms with Crippen molar-refractivity contribution in [1.82, 2.24) is 10.1 Å². The number of nitrogens with two attached hydrogens (primary N) is 1. The van der Waals surface area contributed by atoms with Crippen LogP contribution in [0.4, 0.5) is 0 Å². The van der Waals surface area contributed by atoms with Gasteiger partial charge in [-0.05, 0) is 24.3 Å². The minimum atomic E-state index is -0.179. The maximum Gasteiger partial charge on any atom is 0.257 e. The number of rotatable bonds is 3. The average Bonchev–Trinajstić information content (AvgIpc) is 2.97. The molecule has 102 valence electrons. The third kappa shape index (κ3) is 2.35. The first-order chi connectivity index (χ1) is 9.78. The van der Waals surface area contributed by atoms with Crippen LogP contribution in [0.3, 0.4) is 0 Å². The van der Waals surface area contributed by atoms with E-state index >= 15 is 0 Å². The lowest BCUT2D eigenvalue weighted by Crippen LogP contribution is -2.22. The number of hydrogen-bond donors (Lipinski definition) is 1. The van der Waals surface area contributed by atoms with E-state index in [1.54, 1.807) is 7.11 Å². The van der Waals surface area contributed by atoms with Gasteiger partial charge in [-0.3, -0.25) is 0 Å². The first kappa shape index (κ1) is 12.6. The fraction of sp³-hybridized carbons (Fsp3) is 0.200. The van der Waals surface area contributed by atoms with E-state index in [2.05, 4.69) is 10.1 Å². The highest BCUT2D eigenvalue weighted by atomic mass is 16.5. The van der Waals surface area contributed by atoms with Gasteiger partial charge in [-0.2, -0.15) is 4.98 Å². The molecule has 1 heterocycles. The van der Waals surface area contributed by atoms with Crippen molar-refractivity contribution in [2.24, 2.45) is 5.73 Å². The molecule has 0 amide bonds. The summed E-state index contributed by atoms with van der Waals surface area (Å²) in [4.78, 5) is 4.45. The summed E-state index contributed by atoms with van der Waals surface area (Å²) in [5.74, 6) is 1.01. The summed E-state index contributed by atoms with van der Waals surface area (Å²) in [6.07, 6.45) is 5.44. The van der Waals surface area contributed by atoms with E-state index in [1.165, 1.54) is 0 Å². The van der Waals surface area contributed by atoms with Gasteiger partial charge in [-0.15, -0.1) is 0 Å². The van der Waals surface area contributed by atoms with E-state index < -0.39 is 0 Å². The number of methoxy groups -OCH3 is 1. The van der Waals surface area contributed by atoms with E-state index in [0.29, 0.717) is 17.4 Å². The molecule has 0 saturated carbocycles. The van der Waals surface area contributed by atoms with E-state index in [1.807, 2.05) is 48.6 Å². The molecule has 3 rings (SSSR count). The van der Waals surface area contributed by atoms with E-state index in [-0.39, 0.29) is 12.0 Å². The Morgan fingerprint density at radius 2 is 2.05 bits per heavy atom. The van der Waals surface area contributed by atoms with Crippen LogP contribution in [-0.4, -0.2) is 23.4 Å². The first-order valence-corrected chi connectivity index (χ1v) is 6.35. The summed E-state index contributed by atoms with van der Waals surface area (Å²) >= 11 is 0. The molecule has 2 N–H and O–H groups in total. The second-order valence-corrected chi connectivity index (χ2v) is 4.58. The van der Waals surface area contributed by atoms with Gasteiger partial charge in [0.15, 0.2) is 5.82 Å². The Kier molecular flexibility index (Phi) is 3.35. The molecule has 1 aliphatic rings. The molecular formula is C15H15N3O2. The summed E-state index contributed by atoms with van der Waals surface area (Å²) in [5.41, 5.74) is 7.35. The number of allylic oxidation sites excluding steroid dienone is 1. The van der Waals surface area contributed by atoms with Gasteiger partial charge in [0.1, 0.15) is 0 Å². The van der Waals surface area contributed by atoms with Gasteiger partial charge < -0.3 is 15.0 Å². The third-order valence-corrected chi connectivity index (χ3v) is 3.24. The number of hydrogen-bond acceptors (Lipinski definition) is 5. The molecular weight excluding hydrogens is 254 g/mol. The monoisotopic (exact) mass is 269 g/mol. The predicted molar refractivity (Wildman–Crippen MR) is 74.7 cm³/mol. The molecule has 1 aliphatic carbocycles. The van der Waals surface area contributed by atoms with Gasteiger partial charge in [-0.1, -0.05) is 29.4 Å². The largest absolute Gasteiger partial charge is 0.399 e. The molecule has 2 aromatic rings. The number of aromatic nitrogens is 2. The number of ether oxygens (including phenoxy) is 1. The maximum absolute atomic E-state index is 5.77. The molecule has 0 spiro atoms. The Balaban J connectivity index is 1.89. The topological polar surface area (TPSA) is 74.2 Å². The van der Waals surface area contributed by atoms with E-state index in [0.717, 1.165) is 5.56 Å². The molecule has 0 bridgehead atoms. The Morgan fingerprint density at radius 1 is 1.25 bits per heavy atom. The fourth-order valence-corrected chi connectivity index (χ4v) is 2.19. The van der Waals surface area contributed by atoms with Gasteiger partial charge in [0.25, 0.3) is 5.89 Å². The second kappa shape index (κ2) is 5.30. The van der Waals surface area contributed by atoms with Crippen molar-refractivity contribution in [2.75, 3.05) is 7.11 Å². The first-order valence-electron chi connectivity index (χ1n) is 6.35. The van der Waals surface area contributed by atoms with Crippen molar-refractivity contribution in [1.29, 1.82) is 0 Å². The van der Waals surface area contributed by atoms with Gasteiger partial charge in [0.05, 0.1) is 12.0 Å². The molecule has 0 aliphatic heterocycles. The normalized spacial score (nSPS) is 21.8. The van der Waals surface area contributed by atoms with Crippen LogP contribution in [0.5, 0.6) is 0 Å². The Hall–Kier alpha value is -2.40. The molecule has 0 fully saturated rings. The lowest BCUT2D eigenvalue weighted by molar-refractivity contribution is 0.124. The van der Waals surface area contributed by atoms with Gasteiger partial charge in [0, 0.05) is 18.4 Å². The smallest absolute Gasteiger partial charge is 0.257 e. The molecule has 20 heavy (non-hydrogen) atoms. The van der Waals surface area contributed by atoms with Crippen LogP contribution >= 0.6 is 0 Å². The van der Waals surface area contributed by atoms with E-state index in [4.69, 9.17) is 15.0 Å². The lowest BCUT2D eigenvalue weighted by Gasteiger charge is -2.21. The summed E-state index contributed by atoms with van der Waals surface area (Å²) < 4.78 is 10.7. The van der Waals surface area contributed by atoms with E-state index in [9.17, 15) is 0 Å². The van der Waals surface area contributed by atoms with Crippen molar-refractivity contribution >= 4 is 0 Å². The van der Waals surface area contributed by atoms with Gasteiger partial charge in [-0.25, -0.2) is 0 Å². The highest BCUT2D eigenvalue weighted by Gasteiger charge is 2.26. The highest BCUT2D eigenvalue weighted by Crippen LogP contribution is 2.28. The second-order valence-electron chi connectivity index (χ2n) is 4.58. The quantitative estimate of drug-likeness (QED) is 0.925. The fourth-order valence-electron chi connectivity index (χ4n) is 2.19. The standard InChI is InChI=1S/C15H15N3O2/c1-19-13-9-11(16)7-8-12(13)14-17-15(20-18-14)10-5-3-2-4-6-10/h2-9,12-13H,16H2,1H3. The Labute approximate surface area is 116 Å². The molecule has 1 aromatic heterocycles. The Morgan fingerprint density at radius 3 is 2.80 bits per heavy atom. The minimum absolute atomic E-state index is 0.0893. The summed E-state index contributed by atoms with van der Waals surface area (Å²) in [6.45, 7) is 0. The van der Waals surface area contributed by atoms with Crippen LogP contribution in [0, 0.1) is 0 Å². The molecule has 0 saturated heterocycles. The van der Waals surface area contributed by atoms with Crippen molar-refractivity contribution in [3.8, 4) is 11.5 Å². The van der Waals surface area contributed by atoms with Gasteiger partial charge in [0.2, 0.25) is 0 Å². The highest BCUT2D eigenvalue weighted by molar-refractivity contribution is 5.52. The lowest BCUT2D eigenvalue weighted by atomic mass is 9.95. The molecule has 5 heteroatoms. The van der Waals surface area contributed by atoms with Crippen LogP contribution < -0.4 is 5.73 Å². The van der Waals surface area contributed by atoms with Crippen molar-refractivity contribution < 1.29 is 9.26 Å². The molecule has 2 unspecified atom stereocenters. The Bertz CT molecular complexity index is 646. The third-order valence-electron chi connectivity index (χ3n) is 3.24. The SMILES string of the molecule is COC1C=C(N)C=CC1c1noc(-c2ccccc2)n1. The zero-order chi connectivity index (χ0) is 13.9. The van der Waals surface area contributed by atoms with Crippen molar-refractivity contribution in [3.05, 3.63) is 60.1 Å². The van der Waals surface area contributed by atoms with Crippen LogP contribution in [-0.2, 0) is 4.74 Å². The van der Waals surface area contributed by atoms with Crippen LogP contribution in [0.2, 0.25) is 0 Å². The molecule has 1 aromatic carbocycles. The molecule has 2 atom stereocenters. The minimum Gasteiger partial charge on any atom is -0.399 e. The van der Waals surface area contributed by atoms with Gasteiger partial charge >= 0.3 is 0 Å². The van der Waals surface area contributed by atoms with Crippen molar-refractivity contribution in [2.45, 2.75) is 12.0 Å². The summed E-state index contributed by atoms with van der Waals surface area (Å²) in [7, 11) is 1.64. The zero-order valence-corrected chi connectivity index (χ0v) is 11.1. The number of benzene rings is 1. The summed E-state index contributed by atoms with van der Waals surface area (Å²) in [5, 5.41) is 4.05. The summed E-state index contributed by atoms with van der Waals surface area (Å²) in [6, 6.07) is 9.67. The molecule has 0 radical (unpaired) electrons. The average molecular weight is 269 g/mol. The maximum atomic E-state index is 5.77. The van der Waals surface area contributed by atoms with Crippen molar-refractivity contribution in [3.63, 3.8) is 0 Å². The van der Waals surface area contributed by atoms with Crippen LogP contribution in [0.1, 0.15) is 11.7 Å². The van der Waals surface area contributed by atoms with Crippen LogP contribution in [0.25, 0.3) is 11.5 Å². The molecule has 5 nitrogen and oxygen atoms in total. The number of nitrogens with zero attached hydrogens (tertiary/aromatic N) is 2. The van der Waals surface area contributed by atoms with Crippen LogP contribution in [0.15, 0.2) is 58.8 Å². The predicted octanol–water partition coefficient (Wildman–Crippen LogP) is 2.25.